The van der Waals surface area contributed by atoms with Crippen LogP contribution in [-0.2, 0) is 16.5 Å². The first-order valence-corrected chi connectivity index (χ1v) is 13.5. The second-order valence-electron chi connectivity index (χ2n) is 11.1. The summed E-state index contributed by atoms with van der Waals surface area (Å²) in [7, 11) is 2.15. The molecule has 1 saturated carbocycles. The van der Waals surface area contributed by atoms with E-state index < -0.39 is 17.3 Å². The van der Waals surface area contributed by atoms with Crippen LogP contribution in [0.3, 0.4) is 0 Å². The summed E-state index contributed by atoms with van der Waals surface area (Å²) in [5, 5.41) is 13.6. The zero-order valence-corrected chi connectivity index (χ0v) is 22.1. The number of piperazine rings is 1. The van der Waals surface area contributed by atoms with Crippen LogP contribution in [0.25, 0.3) is 0 Å². The number of likely N-dealkylation sites (tertiary alicyclic amines) is 1. The van der Waals surface area contributed by atoms with Gasteiger partial charge in [-0.15, -0.1) is 0 Å². The predicted octanol–water partition coefficient (Wildman–Crippen LogP) is 3.37. The highest BCUT2D eigenvalue weighted by molar-refractivity contribution is 5.94. The van der Waals surface area contributed by atoms with Gasteiger partial charge >= 0.3 is 6.18 Å². The number of nitrogens with zero attached hydrogens (tertiary/aromatic N) is 2. The summed E-state index contributed by atoms with van der Waals surface area (Å²) in [6.45, 7) is 6.58. The Balaban J connectivity index is 0.000000384. The molecule has 7 nitrogen and oxygen atoms in total. The van der Waals surface area contributed by atoms with Gasteiger partial charge in [-0.3, -0.25) is 4.79 Å². The van der Waals surface area contributed by atoms with E-state index in [1.807, 2.05) is 4.90 Å². The van der Waals surface area contributed by atoms with Crippen molar-refractivity contribution in [3.63, 3.8) is 0 Å². The van der Waals surface area contributed by atoms with Gasteiger partial charge in [-0.05, 0) is 73.7 Å². The minimum atomic E-state index is -4.36. The summed E-state index contributed by atoms with van der Waals surface area (Å²) in [5.41, 5.74) is -0.295. The lowest BCUT2D eigenvalue weighted by molar-refractivity contribution is -0.184. The van der Waals surface area contributed by atoms with Gasteiger partial charge in [0.15, 0.2) is 0 Å². The van der Waals surface area contributed by atoms with Crippen molar-refractivity contribution in [2.24, 2.45) is 11.8 Å². The molecular weight excluding hydrogens is 511 g/mol. The number of halogens is 3. The molecule has 212 valence electrons. The smallest absolute Gasteiger partial charge is 0.416 e. The van der Waals surface area contributed by atoms with Gasteiger partial charge in [-0.1, -0.05) is 12.1 Å². The summed E-state index contributed by atoms with van der Waals surface area (Å²) in [4.78, 5) is 17.1. The van der Waals surface area contributed by atoms with Gasteiger partial charge in [0, 0.05) is 44.8 Å². The normalized spacial score (nSPS) is 26.3. The number of carbonyl (C=O) groups is 1. The first-order valence-electron chi connectivity index (χ1n) is 13.5. The van der Waals surface area contributed by atoms with Gasteiger partial charge in [-0.25, -0.2) is 0 Å². The first-order chi connectivity index (χ1) is 18.6. The maximum absolute atomic E-state index is 12.9. The Morgan fingerprint density at radius 1 is 1.00 bits per heavy atom. The number of carbonyl (C=O) groups excluding carboxylic acids is 1. The molecule has 2 aromatic carbocycles. The van der Waals surface area contributed by atoms with E-state index in [0.717, 1.165) is 43.6 Å². The van der Waals surface area contributed by atoms with Crippen LogP contribution in [0.4, 0.5) is 13.2 Å². The predicted molar refractivity (Wildman–Crippen MR) is 140 cm³/mol. The summed E-state index contributed by atoms with van der Waals surface area (Å²) in [5.74, 6) is 1.06. The number of aliphatic hydroxyl groups is 1. The molecule has 1 amide bonds. The van der Waals surface area contributed by atoms with Crippen LogP contribution in [0.2, 0.25) is 0 Å². The number of nitrogens with one attached hydrogen (secondary N) is 1. The fourth-order valence-electron chi connectivity index (χ4n) is 5.77. The van der Waals surface area contributed by atoms with Crippen molar-refractivity contribution in [1.82, 2.24) is 15.1 Å². The van der Waals surface area contributed by atoms with Gasteiger partial charge < -0.3 is 29.7 Å². The Morgan fingerprint density at radius 3 is 2.05 bits per heavy atom. The first kappa shape index (κ1) is 27.9. The van der Waals surface area contributed by atoms with Crippen LogP contribution in [0.1, 0.15) is 34.3 Å². The van der Waals surface area contributed by atoms with E-state index in [1.54, 1.807) is 24.3 Å². The molecule has 0 spiro atoms. The van der Waals surface area contributed by atoms with Crippen LogP contribution in [-0.4, -0.2) is 86.4 Å². The highest BCUT2D eigenvalue weighted by Crippen LogP contribution is 2.40. The number of benzene rings is 2. The molecule has 4 fully saturated rings. The lowest BCUT2D eigenvalue weighted by atomic mass is 9.91. The zero-order chi connectivity index (χ0) is 27.6. The number of likely N-dealkylation sites (N-methyl/N-ethyl adjacent to an activating group) is 1. The van der Waals surface area contributed by atoms with E-state index in [0.29, 0.717) is 36.2 Å². The quantitative estimate of drug-likeness (QED) is 0.612. The van der Waals surface area contributed by atoms with Crippen molar-refractivity contribution in [1.29, 1.82) is 0 Å². The van der Waals surface area contributed by atoms with Crippen LogP contribution in [0, 0.1) is 11.8 Å². The van der Waals surface area contributed by atoms with Gasteiger partial charge in [0.1, 0.15) is 11.4 Å². The monoisotopic (exact) mass is 547 g/mol. The molecule has 3 heterocycles. The number of rotatable bonds is 4. The largest absolute Gasteiger partial charge is 0.490 e. The molecule has 3 aliphatic heterocycles. The average molecular weight is 548 g/mol. The molecule has 1 aliphatic carbocycles. The number of hydrogen-bond acceptors (Lipinski definition) is 6. The number of ether oxygens (including phenoxy) is 2. The second kappa shape index (κ2) is 11.4. The van der Waals surface area contributed by atoms with Crippen LogP contribution in [0.5, 0.6) is 5.75 Å². The lowest BCUT2D eigenvalue weighted by Crippen LogP contribution is -2.46. The molecule has 2 N–H and O–H groups in total. The van der Waals surface area contributed by atoms with E-state index >= 15 is 0 Å². The van der Waals surface area contributed by atoms with Crippen molar-refractivity contribution in [2.75, 3.05) is 59.5 Å². The molecule has 2 atom stereocenters. The van der Waals surface area contributed by atoms with Crippen LogP contribution in [0.15, 0.2) is 48.5 Å². The fraction of sp³-hybridized carbons (Fsp3) is 0.552. The van der Waals surface area contributed by atoms with Gasteiger partial charge in [0.2, 0.25) is 0 Å². The van der Waals surface area contributed by atoms with E-state index in [1.165, 1.54) is 25.2 Å². The van der Waals surface area contributed by atoms with Gasteiger partial charge in [-0.2, -0.15) is 13.2 Å². The van der Waals surface area contributed by atoms with Crippen LogP contribution >= 0.6 is 0 Å². The molecule has 4 aliphatic rings. The van der Waals surface area contributed by atoms with E-state index in [4.69, 9.17) is 9.47 Å². The maximum Gasteiger partial charge on any atom is 0.416 e. The SMILES string of the molecule is CN1CCNCC1.O=C(c1ccc(C2(O)COC2)cc1)N1CC2CC(Oc3ccc(C(F)(F)F)cc3)CC2C1. The van der Waals surface area contributed by atoms with Crippen LogP contribution < -0.4 is 10.1 Å². The Labute approximate surface area is 226 Å². The molecule has 2 aromatic rings. The van der Waals surface area contributed by atoms with E-state index in [-0.39, 0.29) is 25.2 Å². The molecule has 39 heavy (non-hydrogen) atoms. The molecule has 0 bridgehead atoms. The highest BCUT2D eigenvalue weighted by atomic mass is 19.4. The molecule has 0 aromatic heterocycles. The minimum Gasteiger partial charge on any atom is -0.490 e. The van der Waals surface area contributed by atoms with Crippen molar-refractivity contribution >= 4 is 5.91 Å². The van der Waals surface area contributed by atoms with Crippen molar-refractivity contribution in [3.8, 4) is 5.75 Å². The topological polar surface area (TPSA) is 74.3 Å². The summed E-state index contributed by atoms with van der Waals surface area (Å²) in [6, 6.07) is 11.9. The Bertz CT molecular complexity index is 1100. The summed E-state index contributed by atoms with van der Waals surface area (Å²) >= 11 is 0. The Morgan fingerprint density at radius 2 is 1.59 bits per heavy atom. The number of hydrogen-bond donors (Lipinski definition) is 2. The van der Waals surface area contributed by atoms with Crippen molar-refractivity contribution in [2.45, 2.75) is 30.7 Å². The maximum atomic E-state index is 12.9. The van der Waals surface area contributed by atoms with Gasteiger partial charge in [0.25, 0.3) is 5.91 Å². The van der Waals surface area contributed by atoms with Gasteiger partial charge in [0.05, 0.1) is 24.9 Å². The number of amides is 1. The van der Waals surface area contributed by atoms with Crippen molar-refractivity contribution < 1.29 is 32.5 Å². The Kier molecular flexibility index (Phi) is 8.19. The standard InChI is InChI=1S/C24H24F3NO4.C5H12N2/c25-24(26,27)19-5-7-20(8-6-19)32-21-9-16-11-28(12-17(16)10-21)22(29)15-1-3-18(4-2-15)23(30)13-31-14-23;1-7-4-2-6-3-5-7/h1-8,16-17,21,30H,9-14H2;6H,2-5H2,1H3. The third kappa shape index (κ3) is 6.57. The average Bonchev–Trinajstić information content (AvgIpc) is 3.46. The van der Waals surface area contributed by atoms with E-state index in [2.05, 4.69) is 17.3 Å². The lowest BCUT2D eigenvalue weighted by Gasteiger charge is -2.36. The number of fused-ring (bicyclic) bond motifs is 1. The highest BCUT2D eigenvalue weighted by Gasteiger charge is 2.44. The second-order valence-corrected chi connectivity index (χ2v) is 11.1. The Hall–Kier alpha value is -2.66. The molecular formula is C29H36F3N3O4. The summed E-state index contributed by atoms with van der Waals surface area (Å²) in [6.07, 6.45) is -2.85. The number of alkyl halides is 3. The van der Waals surface area contributed by atoms with E-state index in [9.17, 15) is 23.1 Å². The summed E-state index contributed by atoms with van der Waals surface area (Å²) < 4.78 is 49.1. The fourth-order valence-corrected chi connectivity index (χ4v) is 5.77. The molecule has 10 heteroatoms. The third-order valence-corrected chi connectivity index (χ3v) is 8.17. The molecule has 2 unspecified atom stereocenters. The molecule has 6 rings (SSSR count). The van der Waals surface area contributed by atoms with Crippen molar-refractivity contribution in [3.05, 3.63) is 65.2 Å². The third-order valence-electron chi connectivity index (χ3n) is 8.17. The zero-order valence-electron chi connectivity index (χ0n) is 22.1. The molecule has 3 saturated heterocycles. The molecule has 0 radical (unpaired) electrons. The minimum absolute atomic E-state index is 0.0250.